The van der Waals surface area contributed by atoms with Gasteiger partial charge in [0.05, 0.1) is 5.69 Å². The van der Waals surface area contributed by atoms with Gasteiger partial charge >= 0.3 is 0 Å². The predicted octanol–water partition coefficient (Wildman–Crippen LogP) is 1.88. The Morgan fingerprint density at radius 1 is 1.14 bits per heavy atom. The molecule has 1 N–H and O–H groups in total. The maximum absolute atomic E-state index is 5.57. The number of hydrogen-bond acceptors (Lipinski definition) is 5. The van der Waals surface area contributed by atoms with E-state index in [0.29, 0.717) is 28.5 Å². The van der Waals surface area contributed by atoms with Gasteiger partial charge in [0.2, 0.25) is 5.82 Å². The lowest BCUT2D eigenvalue weighted by Crippen LogP contribution is -2.44. The smallest absolute Gasteiger partial charge is 0.205 e. The lowest BCUT2D eigenvalue weighted by atomic mass is 9.95. The van der Waals surface area contributed by atoms with Crippen LogP contribution in [0.4, 0.5) is 0 Å². The molecule has 1 aliphatic carbocycles. The molecule has 0 spiro atoms. The number of aromatic nitrogens is 5. The SMILES string of the molecule is Cc1nnc2n(NC(=S)N(C)C3CCCCC3)c(C)nnc1-2. The van der Waals surface area contributed by atoms with Gasteiger partial charge in [0.1, 0.15) is 5.82 Å². The fourth-order valence-electron chi connectivity index (χ4n) is 2.91. The lowest BCUT2D eigenvalue weighted by Gasteiger charge is -2.33. The maximum atomic E-state index is 5.57. The summed E-state index contributed by atoms with van der Waals surface area (Å²) >= 11 is 5.57. The van der Waals surface area contributed by atoms with Crippen LogP contribution in [0, 0.1) is 13.8 Å². The van der Waals surface area contributed by atoms with Crippen molar-refractivity contribution in [2.24, 2.45) is 0 Å². The van der Waals surface area contributed by atoms with E-state index < -0.39 is 0 Å². The van der Waals surface area contributed by atoms with Gasteiger partial charge in [-0.2, -0.15) is 5.10 Å². The Bertz CT molecular complexity index is 647. The first-order chi connectivity index (χ1) is 10.6. The summed E-state index contributed by atoms with van der Waals surface area (Å²) in [5, 5.41) is 17.2. The number of thiocarbonyl (C=S) groups is 1. The number of nitrogens with one attached hydrogen (secondary N) is 1. The van der Waals surface area contributed by atoms with Gasteiger partial charge in [0.15, 0.2) is 10.8 Å². The first-order valence-corrected chi connectivity index (χ1v) is 8.07. The minimum Gasteiger partial charge on any atom is -0.348 e. The first kappa shape index (κ1) is 15.1. The van der Waals surface area contributed by atoms with E-state index in [1.165, 1.54) is 32.1 Å². The Kier molecular flexibility index (Phi) is 4.19. The number of hydrogen-bond donors (Lipinski definition) is 1. The van der Waals surface area contributed by atoms with E-state index in [0.717, 1.165) is 5.69 Å². The average Bonchev–Trinajstić information content (AvgIpc) is 2.91. The molecule has 22 heavy (non-hydrogen) atoms. The van der Waals surface area contributed by atoms with E-state index in [-0.39, 0.29) is 0 Å². The van der Waals surface area contributed by atoms with Crippen molar-refractivity contribution >= 4 is 17.3 Å². The normalized spacial score (nSPS) is 16.0. The van der Waals surface area contributed by atoms with Gasteiger partial charge in [-0.25, -0.2) is 4.68 Å². The highest BCUT2D eigenvalue weighted by Crippen LogP contribution is 2.22. The van der Waals surface area contributed by atoms with E-state index in [9.17, 15) is 0 Å². The molecular weight excluding hydrogens is 298 g/mol. The van der Waals surface area contributed by atoms with Crippen molar-refractivity contribution in [1.82, 2.24) is 30.0 Å². The van der Waals surface area contributed by atoms with Crippen LogP contribution in [-0.2, 0) is 0 Å². The third kappa shape index (κ3) is 2.75. The summed E-state index contributed by atoms with van der Waals surface area (Å²) < 4.78 is 1.77. The molecule has 2 aliphatic heterocycles. The van der Waals surface area contributed by atoms with Gasteiger partial charge in [-0.15, -0.1) is 15.3 Å². The molecule has 0 radical (unpaired) electrons. The van der Waals surface area contributed by atoms with Crippen molar-refractivity contribution in [3.8, 4) is 11.5 Å². The number of fused-ring (bicyclic) bond motifs is 1. The minimum absolute atomic E-state index is 0.507. The molecule has 2 heterocycles. The highest BCUT2D eigenvalue weighted by atomic mass is 32.1. The quantitative estimate of drug-likeness (QED) is 0.847. The summed E-state index contributed by atoms with van der Waals surface area (Å²) in [5.74, 6) is 1.36. The van der Waals surface area contributed by atoms with Gasteiger partial charge in [0, 0.05) is 13.1 Å². The molecule has 0 atom stereocenters. The van der Waals surface area contributed by atoms with Crippen LogP contribution in [0.1, 0.15) is 43.6 Å². The van der Waals surface area contributed by atoms with E-state index >= 15 is 0 Å². The van der Waals surface area contributed by atoms with Crippen LogP contribution in [0.2, 0.25) is 0 Å². The van der Waals surface area contributed by atoms with E-state index in [1.807, 2.05) is 13.8 Å². The Labute approximate surface area is 135 Å². The highest BCUT2D eigenvalue weighted by Gasteiger charge is 2.23. The Morgan fingerprint density at radius 2 is 1.86 bits per heavy atom. The Hall–Kier alpha value is -1.83. The summed E-state index contributed by atoms with van der Waals surface area (Å²) in [6, 6.07) is 0.507. The van der Waals surface area contributed by atoms with E-state index in [4.69, 9.17) is 12.2 Å². The molecule has 0 aromatic rings. The van der Waals surface area contributed by atoms with Crippen molar-refractivity contribution in [2.75, 3.05) is 12.5 Å². The summed E-state index contributed by atoms with van der Waals surface area (Å²) in [7, 11) is 2.05. The van der Waals surface area contributed by atoms with Crippen molar-refractivity contribution < 1.29 is 0 Å². The van der Waals surface area contributed by atoms with Crippen LogP contribution in [-0.4, -0.2) is 48.2 Å². The van der Waals surface area contributed by atoms with Crippen LogP contribution in [0.15, 0.2) is 0 Å². The van der Waals surface area contributed by atoms with Crippen LogP contribution in [0.5, 0.6) is 0 Å². The molecule has 3 aliphatic rings. The zero-order valence-electron chi connectivity index (χ0n) is 13.2. The van der Waals surface area contributed by atoms with Crippen molar-refractivity contribution in [3.05, 3.63) is 11.5 Å². The van der Waals surface area contributed by atoms with E-state index in [1.54, 1.807) is 4.68 Å². The zero-order valence-corrected chi connectivity index (χ0v) is 14.0. The standard InChI is InChI=1S/C14H21N7S/c1-9-12-13(18-15-9)21(10(2)16-17-12)19-14(22)20(3)11-7-5-4-6-8-11/h11H,4-8H2,1-3H3,(H,19,22). The van der Waals surface area contributed by atoms with Crippen LogP contribution in [0.25, 0.3) is 11.5 Å². The minimum atomic E-state index is 0.507. The summed E-state index contributed by atoms with van der Waals surface area (Å²) in [6.45, 7) is 3.74. The highest BCUT2D eigenvalue weighted by molar-refractivity contribution is 7.80. The molecule has 1 saturated carbocycles. The van der Waals surface area contributed by atoms with Crippen LogP contribution >= 0.6 is 12.2 Å². The predicted molar refractivity (Wildman–Crippen MR) is 88.3 cm³/mol. The molecule has 3 rings (SSSR count). The number of rotatable bonds is 2. The van der Waals surface area contributed by atoms with Crippen molar-refractivity contribution in [3.63, 3.8) is 0 Å². The second-order valence-electron chi connectivity index (χ2n) is 5.86. The van der Waals surface area contributed by atoms with Gasteiger partial charge in [-0.1, -0.05) is 19.3 Å². The topological polar surface area (TPSA) is 71.8 Å². The number of nitrogens with zero attached hydrogens (tertiary/aromatic N) is 6. The van der Waals surface area contributed by atoms with E-state index in [2.05, 4.69) is 37.8 Å². The molecule has 1 fully saturated rings. The zero-order chi connectivity index (χ0) is 15.7. The maximum Gasteiger partial charge on any atom is 0.205 e. The largest absolute Gasteiger partial charge is 0.348 e. The summed E-state index contributed by atoms with van der Waals surface area (Å²) in [5.41, 5.74) is 4.70. The lowest BCUT2D eigenvalue weighted by molar-refractivity contribution is 0.280. The van der Waals surface area contributed by atoms with Crippen molar-refractivity contribution in [2.45, 2.75) is 52.0 Å². The monoisotopic (exact) mass is 319 g/mol. The van der Waals surface area contributed by atoms with Crippen molar-refractivity contribution in [1.29, 1.82) is 0 Å². The molecule has 0 amide bonds. The van der Waals surface area contributed by atoms with Crippen LogP contribution in [0.3, 0.4) is 0 Å². The average molecular weight is 319 g/mol. The Morgan fingerprint density at radius 3 is 2.59 bits per heavy atom. The molecule has 0 unspecified atom stereocenters. The molecule has 0 saturated heterocycles. The van der Waals surface area contributed by atoms with Gasteiger partial charge in [0.25, 0.3) is 0 Å². The first-order valence-electron chi connectivity index (χ1n) is 7.66. The summed E-state index contributed by atoms with van der Waals surface area (Å²) in [6.07, 6.45) is 6.27. The summed E-state index contributed by atoms with van der Waals surface area (Å²) in [4.78, 5) is 2.15. The third-order valence-electron chi connectivity index (χ3n) is 4.33. The fourth-order valence-corrected chi connectivity index (χ4v) is 3.15. The molecule has 0 aromatic heterocycles. The fraction of sp³-hybridized carbons (Fsp3) is 0.643. The van der Waals surface area contributed by atoms with Crippen LogP contribution < -0.4 is 5.43 Å². The molecule has 0 bridgehead atoms. The molecule has 7 nitrogen and oxygen atoms in total. The van der Waals surface area contributed by atoms with Gasteiger partial charge in [-0.3, -0.25) is 5.43 Å². The van der Waals surface area contributed by atoms with Gasteiger partial charge in [-0.05, 0) is 38.9 Å². The molecule has 0 aromatic carbocycles. The Balaban J connectivity index is 1.80. The molecule has 8 heteroatoms. The molecular formula is C14H21N7S. The second kappa shape index (κ2) is 6.12. The third-order valence-corrected chi connectivity index (χ3v) is 4.71. The molecule has 118 valence electrons. The van der Waals surface area contributed by atoms with Gasteiger partial charge < -0.3 is 4.90 Å². The number of aryl methyl sites for hydroxylation is 2. The second-order valence-corrected chi connectivity index (χ2v) is 6.25.